The van der Waals surface area contributed by atoms with Gasteiger partial charge in [0.1, 0.15) is 6.10 Å². The first-order chi connectivity index (χ1) is 12.2. The first kappa shape index (κ1) is 16.3. The van der Waals surface area contributed by atoms with Crippen LogP contribution in [0.3, 0.4) is 0 Å². The summed E-state index contributed by atoms with van der Waals surface area (Å²) in [6, 6.07) is 7.75. The lowest BCUT2D eigenvalue weighted by Gasteiger charge is -2.21. The molecule has 1 saturated heterocycles. The molecule has 0 bridgehead atoms. The van der Waals surface area contributed by atoms with Crippen LogP contribution in [-0.4, -0.2) is 41.7 Å². The quantitative estimate of drug-likeness (QED) is 0.875. The molecule has 0 unspecified atom stereocenters. The number of aromatic nitrogens is 2. The summed E-state index contributed by atoms with van der Waals surface area (Å²) < 4.78 is 5.68. The van der Waals surface area contributed by atoms with E-state index >= 15 is 0 Å². The number of ether oxygens (including phenoxy) is 1. The van der Waals surface area contributed by atoms with Gasteiger partial charge in [0.25, 0.3) is 5.91 Å². The Labute approximate surface area is 147 Å². The van der Waals surface area contributed by atoms with E-state index in [1.54, 1.807) is 6.92 Å². The fourth-order valence-electron chi connectivity index (χ4n) is 3.08. The Balaban J connectivity index is 1.57. The number of nitrogens with one attached hydrogen (secondary N) is 1. The first-order valence-electron chi connectivity index (χ1n) is 9.15. The molecule has 132 valence electrons. The molecule has 6 nitrogen and oxygen atoms in total. The van der Waals surface area contributed by atoms with Crippen LogP contribution in [-0.2, 0) is 9.53 Å². The van der Waals surface area contributed by atoms with Crippen LogP contribution in [0.4, 0.5) is 11.6 Å². The monoisotopic (exact) mass is 340 g/mol. The van der Waals surface area contributed by atoms with Gasteiger partial charge in [0.15, 0.2) is 11.6 Å². The predicted molar refractivity (Wildman–Crippen MR) is 97.8 cm³/mol. The fraction of sp³-hybridized carbons (Fsp3) is 0.526. The number of amides is 1. The minimum Gasteiger partial charge on any atom is -0.368 e. The largest absolute Gasteiger partial charge is 0.368 e. The molecule has 2 aromatic rings. The molecule has 1 aliphatic heterocycles. The summed E-state index contributed by atoms with van der Waals surface area (Å²) in [4.78, 5) is 24.1. The van der Waals surface area contributed by atoms with E-state index in [2.05, 4.69) is 15.2 Å². The van der Waals surface area contributed by atoms with Crippen molar-refractivity contribution in [1.82, 2.24) is 9.97 Å². The lowest BCUT2D eigenvalue weighted by atomic mass is 10.3. The molecule has 0 radical (unpaired) electrons. The summed E-state index contributed by atoms with van der Waals surface area (Å²) in [5.41, 5.74) is 1.63. The molecule has 1 amide bonds. The van der Waals surface area contributed by atoms with Crippen LogP contribution in [0.25, 0.3) is 11.0 Å². The molecule has 1 N–H and O–H groups in total. The minimum atomic E-state index is -0.486. The van der Waals surface area contributed by atoms with Crippen LogP contribution in [0.1, 0.15) is 32.6 Å². The first-order valence-corrected chi connectivity index (χ1v) is 9.15. The molecule has 1 atom stereocenters. The van der Waals surface area contributed by atoms with Gasteiger partial charge < -0.3 is 15.0 Å². The molecular formula is C19H24N4O2. The smallest absolute Gasteiger partial charge is 0.254 e. The van der Waals surface area contributed by atoms with Crippen molar-refractivity contribution < 1.29 is 9.53 Å². The number of anilines is 2. The zero-order chi connectivity index (χ0) is 17.2. The van der Waals surface area contributed by atoms with E-state index in [1.165, 1.54) is 12.8 Å². The molecule has 1 saturated carbocycles. The summed E-state index contributed by atoms with van der Waals surface area (Å²) in [5.74, 6) is 1.77. The third kappa shape index (κ3) is 3.74. The summed E-state index contributed by atoms with van der Waals surface area (Å²) >= 11 is 0. The number of rotatable bonds is 6. The molecular weight excluding hydrogens is 316 g/mol. The molecule has 2 aliphatic rings. The lowest BCUT2D eigenvalue weighted by molar-refractivity contribution is -0.126. The summed E-state index contributed by atoms with van der Waals surface area (Å²) in [7, 11) is 0. The molecule has 0 spiro atoms. The van der Waals surface area contributed by atoms with E-state index in [0.717, 1.165) is 42.8 Å². The predicted octanol–water partition coefficient (Wildman–Crippen LogP) is 2.98. The van der Waals surface area contributed by atoms with Crippen LogP contribution in [0, 0.1) is 5.92 Å². The number of carbonyl (C=O) groups excluding carboxylic acids is 1. The van der Waals surface area contributed by atoms with Crippen molar-refractivity contribution in [3.05, 3.63) is 24.3 Å². The normalized spacial score (nSPS) is 18.5. The van der Waals surface area contributed by atoms with Gasteiger partial charge >= 0.3 is 0 Å². The second-order valence-corrected chi connectivity index (χ2v) is 6.99. The van der Waals surface area contributed by atoms with Gasteiger partial charge in [-0.25, -0.2) is 9.97 Å². The van der Waals surface area contributed by atoms with Gasteiger partial charge in [-0.1, -0.05) is 12.1 Å². The Morgan fingerprint density at radius 3 is 2.60 bits per heavy atom. The van der Waals surface area contributed by atoms with Crippen LogP contribution < -0.4 is 10.2 Å². The Bertz CT molecular complexity index is 769. The Kier molecular flexibility index (Phi) is 4.53. The topological polar surface area (TPSA) is 67.3 Å². The van der Waals surface area contributed by atoms with Gasteiger partial charge in [-0.15, -0.1) is 0 Å². The standard InChI is InChI=1S/C19H24N4O2/c1-13(25-12-14-8-9-14)19(24)22-17-18(23-10-4-5-11-23)21-16-7-3-2-6-15(16)20-17/h2-3,6-7,13-14H,4-5,8-12H2,1H3,(H,20,22,24)/t13-/m1/s1. The van der Waals surface area contributed by atoms with E-state index in [4.69, 9.17) is 9.72 Å². The van der Waals surface area contributed by atoms with Crippen molar-refractivity contribution in [2.75, 3.05) is 29.9 Å². The zero-order valence-electron chi connectivity index (χ0n) is 14.6. The van der Waals surface area contributed by atoms with Gasteiger partial charge in [-0.3, -0.25) is 4.79 Å². The van der Waals surface area contributed by atoms with Gasteiger partial charge in [0.2, 0.25) is 0 Å². The number of nitrogens with zero attached hydrogens (tertiary/aromatic N) is 3. The van der Waals surface area contributed by atoms with Crippen molar-refractivity contribution in [3.63, 3.8) is 0 Å². The van der Waals surface area contributed by atoms with E-state index < -0.39 is 6.10 Å². The van der Waals surface area contributed by atoms with E-state index in [0.29, 0.717) is 18.3 Å². The highest BCUT2D eigenvalue weighted by atomic mass is 16.5. The second kappa shape index (κ2) is 6.96. The summed E-state index contributed by atoms with van der Waals surface area (Å²) in [6.45, 7) is 4.35. The van der Waals surface area contributed by atoms with E-state index in [-0.39, 0.29) is 5.91 Å². The van der Waals surface area contributed by atoms with Crippen LogP contribution in [0.5, 0.6) is 0 Å². The zero-order valence-corrected chi connectivity index (χ0v) is 14.6. The molecule has 4 rings (SSSR count). The fourth-order valence-corrected chi connectivity index (χ4v) is 3.08. The van der Waals surface area contributed by atoms with Crippen LogP contribution in [0.2, 0.25) is 0 Å². The average Bonchev–Trinajstić information content (AvgIpc) is 3.30. The Morgan fingerprint density at radius 2 is 1.92 bits per heavy atom. The molecule has 1 aliphatic carbocycles. The van der Waals surface area contributed by atoms with Gasteiger partial charge in [-0.05, 0) is 50.7 Å². The number of carbonyl (C=O) groups is 1. The van der Waals surface area contributed by atoms with Gasteiger partial charge in [0.05, 0.1) is 17.6 Å². The van der Waals surface area contributed by atoms with Crippen molar-refractivity contribution in [1.29, 1.82) is 0 Å². The average molecular weight is 340 g/mol. The lowest BCUT2D eigenvalue weighted by Crippen LogP contribution is -2.30. The highest BCUT2D eigenvalue weighted by Gasteiger charge is 2.26. The number of benzene rings is 1. The van der Waals surface area contributed by atoms with Crippen molar-refractivity contribution >= 4 is 28.6 Å². The van der Waals surface area contributed by atoms with Crippen molar-refractivity contribution in [3.8, 4) is 0 Å². The summed E-state index contributed by atoms with van der Waals surface area (Å²) in [5, 5.41) is 2.94. The highest BCUT2D eigenvalue weighted by Crippen LogP contribution is 2.30. The second-order valence-electron chi connectivity index (χ2n) is 6.99. The maximum Gasteiger partial charge on any atom is 0.254 e. The maximum absolute atomic E-state index is 12.5. The maximum atomic E-state index is 12.5. The van der Waals surface area contributed by atoms with E-state index in [9.17, 15) is 4.79 Å². The number of hydrogen-bond donors (Lipinski definition) is 1. The van der Waals surface area contributed by atoms with Crippen molar-refractivity contribution in [2.45, 2.75) is 38.7 Å². The van der Waals surface area contributed by atoms with Crippen LogP contribution >= 0.6 is 0 Å². The number of hydrogen-bond acceptors (Lipinski definition) is 5. The van der Waals surface area contributed by atoms with Crippen LogP contribution in [0.15, 0.2) is 24.3 Å². The molecule has 6 heteroatoms. The van der Waals surface area contributed by atoms with Gasteiger partial charge in [-0.2, -0.15) is 0 Å². The molecule has 25 heavy (non-hydrogen) atoms. The third-order valence-corrected chi connectivity index (χ3v) is 4.85. The minimum absolute atomic E-state index is 0.161. The highest BCUT2D eigenvalue weighted by molar-refractivity contribution is 5.96. The molecule has 1 aromatic heterocycles. The van der Waals surface area contributed by atoms with Crippen molar-refractivity contribution in [2.24, 2.45) is 5.92 Å². The molecule has 2 fully saturated rings. The molecule has 2 heterocycles. The third-order valence-electron chi connectivity index (χ3n) is 4.85. The number of fused-ring (bicyclic) bond motifs is 1. The molecule has 1 aromatic carbocycles. The SMILES string of the molecule is C[C@@H](OCC1CC1)C(=O)Nc1nc2ccccc2nc1N1CCCC1. The van der Waals surface area contributed by atoms with Gasteiger partial charge in [0, 0.05) is 13.1 Å². The summed E-state index contributed by atoms with van der Waals surface area (Å²) in [6.07, 6.45) is 4.22. The Hall–Kier alpha value is -2.21. The number of para-hydroxylation sites is 2. The Morgan fingerprint density at radius 1 is 1.24 bits per heavy atom. The van der Waals surface area contributed by atoms with E-state index in [1.807, 2.05) is 24.3 Å².